The number of aromatic nitrogens is 2. The summed E-state index contributed by atoms with van der Waals surface area (Å²) in [6.45, 7) is 5.43. The first-order valence-electron chi connectivity index (χ1n) is 11.1. The lowest BCUT2D eigenvalue weighted by atomic mass is 9.63. The Morgan fingerprint density at radius 3 is 2.67 bits per heavy atom. The number of aryl methyl sites for hydroxylation is 1. The summed E-state index contributed by atoms with van der Waals surface area (Å²) in [5, 5.41) is 22.5. The van der Waals surface area contributed by atoms with Crippen molar-refractivity contribution >= 4 is 23.1 Å². The SMILES string of the molecule is Cc1cc([C@@H](C)Nc2ccccc2C(=O)O)c2nc(N3CC4(CCC4)C3)c(C#N)c(=O)n2c1. The number of carboxylic acid groups (broad SMARTS) is 1. The van der Waals surface area contributed by atoms with Gasteiger partial charge < -0.3 is 15.3 Å². The predicted octanol–water partition coefficient (Wildman–Crippen LogP) is 3.74. The van der Waals surface area contributed by atoms with Crippen LogP contribution in [0.4, 0.5) is 11.5 Å². The average molecular weight is 444 g/mol. The van der Waals surface area contributed by atoms with E-state index < -0.39 is 5.97 Å². The third kappa shape index (κ3) is 3.41. The molecule has 1 aromatic carbocycles. The van der Waals surface area contributed by atoms with Gasteiger partial charge in [-0.05, 0) is 50.5 Å². The Morgan fingerprint density at radius 2 is 2.03 bits per heavy atom. The van der Waals surface area contributed by atoms with Crippen LogP contribution in [0.5, 0.6) is 0 Å². The minimum absolute atomic E-state index is 0.0649. The zero-order valence-corrected chi connectivity index (χ0v) is 18.6. The Kier molecular flexibility index (Phi) is 4.85. The zero-order valence-electron chi connectivity index (χ0n) is 18.6. The Balaban J connectivity index is 1.60. The van der Waals surface area contributed by atoms with Crippen molar-refractivity contribution in [2.45, 2.75) is 39.2 Å². The van der Waals surface area contributed by atoms with E-state index in [0.29, 0.717) is 22.6 Å². The normalized spacial score (nSPS) is 17.2. The van der Waals surface area contributed by atoms with Crippen LogP contribution in [-0.4, -0.2) is 33.6 Å². The van der Waals surface area contributed by atoms with Crippen LogP contribution in [0, 0.1) is 23.7 Å². The lowest BCUT2D eigenvalue weighted by molar-refractivity contribution is 0.0698. The molecule has 1 saturated carbocycles. The highest BCUT2D eigenvalue weighted by Crippen LogP contribution is 2.49. The van der Waals surface area contributed by atoms with Crippen molar-refractivity contribution in [2.24, 2.45) is 5.41 Å². The number of anilines is 2. The Morgan fingerprint density at radius 1 is 1.30 bits per heavy atom. The van der Waals surface area contributed by atoms with Crippen molar-refractivity contribution in [3.05, 3.63) is 69.1 Å². The zero-order chi connectivity index (χ0) is 23.3. The first-order chi connectivity index (χ1) is 15.8. The fourth-order valence-electron chi connectivity index (χ4n) is 5.05. The highest BCUT2D eigenvalue weighted by molar-refractivity contribution is 5.94. The molecule has 3 aromatic rings. The average Bonchev–Trinajstić information content (AvgIpc) is 2.72. The quantitative estimate of drug-likeness (QED) is 0.618. The van der Waals surface area contributed by atoms with Gasteiger partial charge in [-0.25, -0.2) is 9.78 Å². The second kappa shape index (κ2) is 7.62. The fraction of sp³-hybridized carbons (Fsp3) is 0.360. The number of nitrogens with zero attached hydrogens (tertiary/aromatic N) is 4. The van der Waals surface area contributed by atoms with Crippen LogP contribution < -0.4 is 15.8 Å². The lowest BCUT2D eigenvalue weighted by Crippen LogP contribution is -2.60. The summed E-state index contributed by atoms with van der Waals surface area (Å²) >= 11 is 0. The Labute approximate surface area is 191 Å². The predicted molar refractivity (Wildman–Crippen MR) is 125 cm³/mol. The van der Waals surface area contributed by atoms with E-state index in [4.69, 9.17) is 4.98 Å². The van der Waals surface area contributed by atoms with E-state index in [0.717, 1.165) is 24.2 Å². The Hall–Kier alpha value is -3.86. The van der Waals surface area contributed by atoms with Crippen molar-refractivity contribution in [3.63, 3.8) is 0 Å². The number of benzene rings is 1. The summed E-state index contributed by atoms with van der Waals surface area (Å²) in [4.78, 5) is 31.8. The monoisotopic (exact) mass is 443 g/mol. The number of aromatic carboxylic acids is 1. The van der Waals surface area contributed by atoms with Crippen molar-refractivity contribution in [3.8, 4) is 6.07 Å². The molecule has 8 heteroatoms. The molecule has 1 aliphatic carbocycles. The Bertz CT molecular complexity index is 1380. The summed E-state index contributed by atoms with van der Waals surface area (Å²) < 4.78 is 1.44. The molecule has 3 heterocycles. The fourth-order valence-corrected chi connectivity index (χ4v) is 5.05. The van der Waals surface area contributed by atoms with Gasteiger partial charge in [0, 0.05) is 36.0 Å². The number of pyridine rings is 1. The summed E-state index contributed by atoms with van der Waals surface area (Å²) in [5.74, 6) is -0.569. The van der Waals surface area contributed by atoms with Gasteiger partial charge in [0.25, 0.3) is 5.56 Å². The van der Waals surface area contributed by atoms with Crippen molar-refractivity contribution < 1.29 is 9.90 Å². The molecule has 1 atom stereocenters. The van der Waals surface area contributed by atoms with Crippen molar-refractivity contribution in [1.29, 1.82) is 5.26 Å². The standard InChI is InChI=1S/C25H25N5O3/c1-15-10-18(16(2)27-20-7-4-3-6-17(20)24(32)33)22-28-21(19(11-26)23(31)30(22)12-15)29-13-25(14-29)8-5-9-25/h3-4,6-7,10,12,16,27H,5,8-9,13-14H2,1-2H3,(H,32,33)/t16-/m1/s1. The summed E-state index contributed by atoms with van der Waals surface area (Å²) in [7, 11) is 0. The minimum atomic E-state index is -1.02. The molecule has 5 rings (SSSR count). The molecule has 33 heavy (non-hydrogen) atoms. The molecule has 2 aromatic heterocycles. The van der Waals surface area contributed by atoms with Gasteiger partial charge in [0.05, 0.1) is 11.6 Å². The van der Waals surface area contributed by atoms with E-state index in [-0.39, 0.29) is 22.7 Å². The van der Waals surface area contributed by atoms with Crippen LogP contribution in [0.2, 0.25) is 0 Å². The highest BCUT2D eigenvalue weighted by atomic mass is 16.4. The number of carboxylic acids is 1. The molecule has 0 radical (unpaired) electrons. The molecule has 0 amide bonds. The van der Waals surface area contributed by atoms with Gasteiger partial charge in [-0.2, -0.15) is 5.26 Å². The van der Waals surface area contributed by atoms with Crippen LogP contribution >= 0.6 is 0 Å². The van der Waals surface area contributed by atoms with E-state index in [1.807, 2.05) is 24.8 Å². The number of para-hydroxylation sites is 1. The highest BCUT2D eigenvalue weighted by Gasteiger charge is 2.48. The second-order valence-electron chi connectivity index (χ2n) is 9.32. The van der Waals surface area contributed by atoms with Gasteiger partial charge in [-0.15, -0.1) is 0 Å². The third-order valence-corrected chi connectivity index (χ3v) is 6.94. The summed E-state index contributed by atoms with van der Waals surface area (Å²) in [5.41, 5.74) is 2.75. The van der Waals surface area contributed by atoms with E-state index in [9.17, 15) is 20.0 Å². The molecule has 2 aliphatic rings. The van der Waals surface area contributed by atoms with Crippen LogP contribution in [0.1, 0.15) is 59.3 Å². The molecular weight excluding hydrogens is 418 g/mol. The van der Waals surface area contributed by atoms with E-state index in [2.05, 4.69) is 11.4 Å². The maximum atomic E-state index is 13.3. The number of nitriles is 1. The number of hydrogen-bond donors (Lipinski definition) is 2. The van der Waals surface area contributed by atoms with E-state index >= 15 is 0 Å². The molecule has 1 aliphatic heterocycles. The van der Waals surface area contributed by atoms with Gasteiger partial charge in [0.15, 0.2) is 11.4 Å². The van der Waals surface area contributed by atoms with Crippen LogP contribution in [-0.2, 0) is 0 Å². The van der Waals surface area contributed by atoms with Gasteiger partial charge in [-0.1, -0.05) is 18.6 Å². The van der Waals surface area contributed by atoms with E-state index in [1.54, 1.807) is 30.5 Å². The van der Waals surface area contributed by atoms with Crippen LogP contribution in [0.15, 0.2) is 41.3 Å². The van der Waals surface area contributed by atoms with Gasteiger partial charge in [0.1, 0.15) is 11.7 Å². The number of fused-ring (bicyclic) bond motifs is 1. The number of nitrogens with one attached hydrogen (secondary N) is 1. The van der Waals surface area contributed by atoms with Crippen LogP contribution in [0.3, 0.4) is 0 Å². The van der Waals surface area contributed by atoms with Gasteiger partial charge >= 0.3 is 5.97 Å². The molecule has 8 nitrogen and oxygen atoms in total. The summed E-state index contributed by atoms with van der Waals surface area (Å²) in [6, 6.07) is 10.4. The lowest BCUT2D eigenvalue weighted by Gasteiger charge is -2.56. The van der Waals surface area contributed by atoms with E-state index in [1.165, 1.54) is 23.7 Å². The number of hydrogen-bond acceptors (Lipinski definition) is 6. The number of carbonyl (C=O) groups is 1. The molecule has 0 bridgehead atoms. The largest absolute Gasteiger partial charge is 0.478 e. The maximum Gasteiger partial charge on any atom is 0.337 e. The molecule has 2 fully saturated rings. The van der Waals surface area contributed by atoms with Crippen molar-refractivity contribution in [2.75, 3.05) is 23.3 Å². The first kappa shape index (κ1) is 21.0. The first-order valence-corrected chi connectivity index (χ1v) is 11.1. The van der Waals surface area contributed by atoms with Gasteiger partial charge in [0.2, 0.25) is 0 Å². The molecule has 168 valence electrons. The smallest absolute Gasteiger partial charge is 0.337 e. The molecular formula is C25H25N5O3. The van der Waals surface area contributed by atoms with Gasteiger partial charge in [-0.3, -0.25) is 9.20 Å². The molecule has 2 N–H and O–H groups in total. The minimum Gasteiger partial charge on any atom is -0.478 e. The molecule has 1 spiro atoms. The topological polar surface area (TPSA) is 111 Å². The maximum absolute atomic E-state index is 13.3. The second-order valence-corrected chi connectivity index (χ2v) is 9.32. The number of rotatable bonds is 5. The van der Waals surface area contributed by atoms with Crippen LogP contribution in [0.25, 0.3) is 5.65 Å². The molecule has 1 saturated heterocycles. The molecule has 0 unspecified atom stereocenters. The third-order valence-electron chi connectivity index (χ3n) is 6.94. The van der Waals surface area contributed by atoms with Crippen molar-refractivity contribution in [1.82, 2.24) is 9.38 Å². The summed E-state index contributed by atoms with van der Waals surface area (Å²) in [6.07, 6.45) is 5.30.